The molecule has 2 aromatic carbocycles. The van der Waals surface area contributed by atoms with Crippen LogP contribution >= 0.6 is 11.6 Å². The van der Waals surface area contributed by atoms with Gasteiger partial charge in [0.2, 0.25) is 0 Å². The second-order valence-corrected chi connectivity index (χ2v) is 6.28. The summed E-state index contributed by atoms with van der Waals surface area (Å²) in [6.45, 7) is 3.00. The highest BCUT2D eigenvalue weighted by molar-refractivity contribution is 6.31. The lowest BCUT2D eigenvalue weighted by atomic mass is 10.2. The van der Waals surface area contributed by atoms with Crippen LogP contribution in [0, 0.1) is 6.92 Å². The number of ether oxygens (including phenoxy) is 3. The van der Waals surface area contributed by atoms with Gasteiger partial charge < -0.3 is 19.5 Å². The van der Waals surface area contributed by atoms with E-state index in [2.05, 4.69) is 5.32 Å². The van der Waals surface area contributed by atoms with Crippen molar-refractivity contribution in [1.29, 1.82) is 0 Å². The molecule has 28 heavy (non-hydrogen) atoms. The van der Waals surface area contributed by atoms with Crippen molar-refractivity contribution in [3.8, 4) is 11.5 Å². The first-order valence-electron chi connectivity index (χ1n) is 8.58. The van der Waals surface area contributed by atoms with Gasteiger partial charge in [-0.2, -0.15) is 0 Å². The Kier molecular flexibility index (Phi) is 7.89. The Labute approximate surface area is 169 Å². The lowest BCUT2D eigenvalue weighted by Gasteiger charge is -2.11. The molecule has 2 rings (SSSR count). The number of esters is 1. The zero-order chi connectivity index (χ0) is 20.5. The van der Waals surface area contributed by atoms with Crippen LogP contribution in [0.25, 0.3) is 6.08 Å². The third kappa shape index (κ3) is 6.32. The van der Waals surface area contributed by atoms with Crippen molar-refractivity contribution in [2.75, 3.05) is 25.6 Å². The molecule has 0 radical (unpaired) electrons. The molecule has 0 aromatic heterocycles. The zero-order valence-corrected chi connectivity index (χ0v) is 16.7. The molecular formula is C21H22ClNO5. The van der Waals surface area contributed by atoms with Crippen molar-refractivity contribution in [3.05, 3.63) is 58.6 Å². The van der Waals surface area contributed by atoms with Crippen LogP contribution in [0.3, 0.4) is 0 Å². The number of anilines is 1. The van der Waals surface area contributed by atoms with Crippen LogP contribution < -0.4 is 14.8 Å². The van der Waals surface area contributed by atoms with Crippen LogP contribution in [-0.4, -0.2) is 32.2 Å². The van der Waals surface area contributed by atoms with Crippen molar-refractivity contribution in [1.82, 2.24) is 0 Å². The monoisotopic (exact) mass is 403 g/mol. The van der Waals surface area contributed by atoms with E-state index in [1.807, 2.05) is 32.1 Å². The minimum atomic E-state index is -0.670. The molecule has 2 aromatic rings. The maximum atomic E-state index is 11.9. The molecule has 0 spiro atoms. The summed E-state index contributed by atoms with van der Waals surface area (Å²) < 4.78 is 15.6. The minimum Gasteiger partial charge on any atom is -0.493 e. The van der Waals surface area contributed by atoms with Crippen molar-refractivity contribution >= 4 is 35.2 Å². The maximum absolute atomic E-state index is 11.9. The fourth-order valence-corrected chi connectivity index (χ4v) is 2.47. The van der Waals surface area contributed by atoms with Gasteiger partial charge in [-0.1, -0.05) is 35.9 Å². The SMILES string of the molecule is C/C=C/c1ccc(OCC(=O)OCC(=O)Nc2ccc(C)c(Cl)c2)c(OC)c1. The fourth-order valence-electron chi connectivity index (χ4n) is 2.29. The number of carbonyl (C=O) groups excluding carboxylic acids is 2. The van der Waals surface area contributed by atoms with E-state index in [1.165, 1.54) is 7.11 Å². The molecular weight excluding hydrogens is 382 g/mol. The Morgan fingerprint density at radius 2 is 1.89 bits per heavy atom. The molecule has 0 fully saturated rings. The predicted octanol–water partition coefficient (Wildman–Crippen LogP) is 4.25. The molecule has 148 valence electrons. The number of amides is 1. The lowest BCUT2D eigenvalue weighted by molar-refractivity contribution is -0.149. The summed E-state index contributed by atoms with van der Waals surface area (Å²) in [6.07, 6.45) is 3.82. The Morgan fingerprint density at radius 1 is 1.11 bits per heavy atom. The van der Waals surface area contributed by atoms with Crippen molar-refractivity contribution < 1.29 is 23.8 Å². The van der Waals surface area contributed by atoms with Crippen LogP contribution in [0.1, 0.15) is 18.1 Å². The summed E-state index contributed by atoms with van der Waals surface area (Å²) in [7, 11) is 1.52. The van der Waals surface area contributed by atoms with Gasteiger partial charge in [-0.25, -0.2) is 4.79 Å². The number of rotatable bonds is 8. The maximum Gasteiger partial charge on any atom is 0.344 e. The van der Waals surface area contributed by atoms with Crippen LogP contribution in [0.2, 0.25) is 5.02 Å². The van der Waals surface area contributed by atoms with E-state index in [4.69, 9.17) is 25.8 Å². The topological polar surface area (TPSA) is 73.9 Å². The van der Waals surface area contributed by atoms with Gasteiger partial charge in [0.25, 0.3) is 5.91 Å². The molecule has 7 heteroatoms. The van der Waals surface area contributed by atoms with Crippen LogP contribution in [0.15, 0.2) is 42.5 Å². The lowest BCUT2D eigenvalue weighted by Crippen LogP contribution is -2.23. The predicted molar refractivity (Wildman–Crippen MR) is 109 cm³/mol. The highest BCUT2D eigenvalue weighted by Crippen LogP contribution is 2.28. The van der Waals surface area contributed by atoms with Crippen molar-refractivity contribution in [2.45, 2.75) is 13.8 Å². The molecule has 0 saturated heterocycles. The Balaban J connectivity index is 1.82. The molecule has 0 atom stereocenters. The molecule has 0 aliphatic carbocycles. The van der Waals surface area contributed by atoms with Crippen LogP contribution in [0.4, 0.5) is 5.69 Å². The molecule has 0 aliphatic heterocycles. The summed E-state index contributed by atoms with van der Waals surface area (Å²) in [5.41, 5.74) is 2.37. The molecule has 1 N–H and O–H groups in total. The number of benzene rings is 2. The number of halogens is 1. The molecule has 1 amide bonds. The highest BCUT2D eigenvalue weighted by atomic mass is 35.5. The number of aryl methyl sites for hydroxylation is 1. The van der Waals surface area contributed by atoms with Crippen molar-refractivity contribution in [2.24, 2.45) is 0 Å². The number of carbonyl (C=O) groups is 2. The molecule has 0 aliphatic rings. The molecule has 6 nitrogen and oxygen atoms in total. The number of nitrogens with one attached hydrogen (secondary N) is 1. The average molecular weight is 404 g/mol. The number of allylic oxidation sites excluding steroid dienone is 1. The van der Waals surface area contributed by atoms with Gasteiger partial charge in [0, 0.05) is 10.7 Å². The van der Waals surface area contributed by atoms with Gasteiger partial charge in [-0.15, -0.1) is 0 Å². The van der Waals surface area contributed by atoms with Crippen molar-refractivity contribution in [3.63, 3.8) is 0 Å². The van der Waals surface area contributed by atoms with Crippen LogP contribution in [-0.2, 0) is 14.3 Å². The highest BCUT2D eigenvalue weighted by Gasteiger charge is 2.11. The second kappa shape index (κ2) is 10.4. The van der Waals surface area contributed by atoms with E-state index >= 15 is 0 Å². The van der Waals surface area contributed by atoms with Gasteiger partial charge >= 0.3 is 5.97 Å². The molecule has 0 bridgehead atoms. The normalized spacial score (nSPS) is 10.6. The van der Waals surface area contributed by atoms with E-state index < -0.39 is 18.5 Å². The molecule has 0 saturated carbocycles. The first-order chi connectivity index (χ1) is 13.4. The number of hydrogen-bond acceptors (Lipinski definition) is 5. The van der Waals surface area contributed by atoms with Gasteiger partial charge in [0.1, 0.15) is 0 Å². The summed E-state index contributed by atoms with van der Waals surface area (Å²) >= 11 is 6.01. The van der Waals surface area contributed by atoms with Gasteiger partial charge in [0.15, 0.2) is 24.7 Å². The Morgan fingerprint density at radius 3 is 2.57 bits per heavy atom. The number of methoxy groups -OCH3 is 1. The quantitative estimate of drug-likeness (QED) is 0.667. The standard InChI is InChI=1S/C21H22ClNO5/c1-4-5-15-7-9-18(19(10-15)26-3)27-13-21(25)28-12-20(24)23-16-8-6-14(2)17(22)11-16/h4-11H,12-13H2,1-3H3,(H,23,24)/b5-4+. The summed E-state index contributed by atoms with van der Waals surface area (Å²) in [5.74, 6) is -0.234. The van der Waals surface area contributed by atoms with E-state index in [1.54, 1.807) is 30.3 Å². The van der Waals surface area contributed by atoms with E-state index in [0.29, 0.717) is 22.2 Å². The minimum absolute atomic E-state index is 0.344. The first-order valence-corrected chi connectivity index (χ1v) is 8.96. The fraction of sp³-hybridized carbons (Fsp3) is 0.238. The summed E-state index contributed by atoms with van der Waals surface area (Å²) in [4.78, 5) is 23.7. The molecule has 0 unspecified atom stereocenters. The van der Waals surface area contributed by atoms with Gasteiger partial charge in [-0.3, -0.25) is 4.79 Å². The van der Waals surface area contributed by atoms with E-state index in [9.17, 15) is 9.59 Å². The van der Waals surface area contributed by atoms with E-state index in [0.717, 1.165) is 11.1 Å². The van der Waals surface area contributed by atoms with Gasteiger partial charge in [0.05, 0.1) is 7.11 Å². The van der Waals surface area contributed by atoms with Crippen LogP contribution in [0.5, 0.6) is 11.5 Å². The smallest absolute Gasteiger partial charge is 0.344 e. The Bertz CT molecular complexity index is 879. The average Bonchev–Trinajstić information content (AvgIpc) is 2.68. The van der Waals surface area contributed by atoms with Gasteiger partial charge in [-0.05, 0) is 49.2 Å². The third-order valence-electron chi connectivity index (χ3n) is 3.71. The second-order valence-electron chi connectivity index (χ2n) is 5.87. The van der Waals surface area contributed by atoms with E-state index in [-0.39, 0.29) is 6.61 Å². The summed E-state index contributed by atoms with van der Waals surface area (Å²) in [6, 6.07) is 10.5. The molecule has 0 heterocycles. The third-order valence-corrected chi connectivity index (χ3v) is 4.12. The largest absolute Gasteiger partial charge is 0.493 e. The number of hydrogen-bond donors (Lipinski definition) is 1. The Hall–Kier alpha value is -2.99. The first kappa shape index (κ1) is 21.3. The summed E-state index contributed by atoms with van der Waals surface area (Å²) in [5, 5.41) is 3.15. The zero-order valence-electron chi connectivity index (χ0n) is 16.0.